The van der Waals surface area contributed by atoms with Crippen molar-refractivity contribution in [3.05, 3.63) is 0 Å². The van der Waals surface area contributed by atoms with Crippen LogP contribution in [0.5, 0.6) is 0 Å². The summed E-state index contributed by atoms with van der Waals surface area (Å²) in [6.45, 7) is 13.7. The van der Waals surface area contributed by atoms with Gasteiger partial charge >= 0.3 is 0 Å². The Hall–Kier alpha value is 0. The fourth-order valence-corrected chi connectivity index (χ4v) is 3.39. The van der Waals surface area contributed by atoms with Crippen molar-refractivity contribution in [2.45, 2.75) is 80.1 Å². The third-order valence-corrected chi connectivity index (χ3v) is 5.45. The Morgan fingerprint density at radius 3 is 2.00 bits per heavy atom. The lowest BCUT2D eigenvalue weighted by Gasteiger charge is -2.50. The normalized spacial score (nSPS) is 28.0. The largest absolute Gasteiger partial charge is 0.0648 e. The zero-order valence-electron chi connectivity index (χ0n) is 13.3. The summed E-state index contributed by atoms with van der Waals surface area (Å²) in [6.07, 6.45) is 7.70. The van der Waals surface area contributed by atoms with Crippen LogP contribution in [0.1, 0.15) is 81.4 Å². The summed E-state index contributed by atoms with van der Waals surface area (Å²) in [7, 11) is 0. The SMILES string of the molecule is [2H]C(C)(C1CCCCC1)C(C)(CC)C(C)(C)C. The van der Waals surface area contributed by atoms with Crippen molar-refractivity contribution in [3.63, 3.8) is 0 Å². The van der Waals surface area contributed by atoms with E-state index in [1.807, 2.05) is 0 Å². The molecule has 0 nitrogen and oxygen atoms in total. The van der Waals surface area contributed by atoms with E-state index in [1.165, 1.54) is 32.1 Å². The molecule has 0 radical (unpaired) electrons. The second-order valence-corrected chi connectivity index (χ2v) is 6.95. The minimum absolute atomic E-state index is 0.0992. The third-order valence-electron chi connectivity index (χ3n) is 5.45. The van der Waals surface area contributed by atoms with Gasteiger partial charge in [-0.15, -0.1) is 0 Å². The van der Waals surface area contributed by atoms with Crippen LogP contribution in [0.25, 0.3) is 0 Å². The molecule has 0 N–H and O–H groups in total. The molecule has 0 aromatic carbocycles. The standard InChI is InChI=1S/C16H32/c1-7-16(6,15(3,4)5)13(2)14-11-9-8-10-12-14/h13-14H,7-12H2,1-6H3/i13D. The molecule has 0 heteroatoms. The maximum absolute atomic E-state index is 9.03. The van der Waals surface area contributed by atoms with E-state index in [1.54, 1.807) is 0 Å². The van der Waals surface area contributed by atoms with Gasteiger partial charge in [0.1, 0.15) is 0 Å². The van der Waals surface area contributed by atoms with Gasteiger partial charge in [-0.2, -0.15) is 0 Å². The Bertz CT molecular complexity index is 243. The van der Waals surface area contributed by atoms with E-state index in [0.29, 0.717) is 5.92 Å². The summed E-state index contributed by atoms with van der Waals surface area (Å²) in [5, 5.41) is 0. The van der Waals surface area contributed by atoms with Crippen molar-refractivity contribution in [2.24, 2.45) is 22.6 Å². The van der Waals surface area contributed by atoms with E-state index in [0.717, 1.165) is 6.42 Å². The summed E-state index contributed by atoms with van der Waals surface area (Å²) in [5.41, 5.74) is 0.303. The Labute approximate surface area is 105 Å². The van der Waals surface area contributed by atoms with Crippen molar-refractivity contribution in [3.8, 4) is 0 Å². The molecule has 0 saturated heterocycles. The van der Waals surface area contributed by atoms with Crippen LogP contribution in [0.15, 0.2) is 0 Å². The van der Waals surface area contributed by atoms with E-state index >= 15 is 0 Å². The maximum Gasteiger partial charge on any atom is 0.0308 e. The van der Waals surface area contributed by atoms with Gasteiger partial charge in [0.15, 0.2) is 0 Å². The number of hydrogen-bond acceptors (Lipinski definition) is 0. The first-order valence-corrected chi connectivity index (χ1v) is 7.17. The lowest BCUT2D eigenvalue weighted by atomic mass is 9.55. The first-order valence-electron chi connectivity index (χ1n) is 7.67. The van der Waals surface area contributed by atoms with E-state index in [-0.39, 0.29) is 16.7 Å². The lowest BCUT2D eigenvalue weighted by molar-refractivity contribution is -0.00222. The van der Waals surface area contributed by atoms with Crippen LogP contribution in [-0.4, -0.2) is 0 Å². The molecule has 1 aliphatic carbocycles. The molecule has 0 bridgehead atoms. The van der Waals surface area contributed by atoms with Crippen LogP contribution in [-0.2, 0) is 0 Å². The predicted octanol–water partition coefficient (Wildman–Crippen LogP) is 5.67. The van der Waals surface area contributed by atoms with Gasteiger partial charge in [0, 0.05) is 1.37 Å². The Kier molecular flexibility index (Phi) is 3.97. The van der Waals surface area contributed by atoms with Crippen LogP contribution in [0, 0.1) is 22.6 Å². The molecule has 0 amide bonds. The molecule has 2 atom stereocenters. The molecule has 1 saturated carbocycles. The topological polar surface area (TPSA) is 0 Å². The molecule has 16 heavy (non-hydrogen) atoms. The highest BCUT2D eigenvalue weighted by atomic mass is 14.5. The van der Waals surface area contributed by atoms with Crippen LogP contribution in [0.4, 0.5) is 0 Å². The lowest BCUT2D eigenvalue weighted by Crippen LogP contribution is -2.41. The molecule has 2 unspecified atom stereocenters. The molecule has 0 aromatic rings. The molecule has 0 aromatic heterocycles. The number of rotatable bonds is 3. The molecule has 96 valence electrons. The monoisotopic (exact) mass is 225 g/mol. The highest BCUT2D eigenvalue weighted by molar-refractivity contribution is 4.92. The summed E-state index contributed by atoms with van der Waals surface area (Å²) in [4.78, 5) is 0. The highest BCUT2D eigenvalue weighted by Gasteiger charge is 2.43. The summed E-state index contributed by atoms with van der Waals surface area (Å²) in [6, 6.07) is 0. The van der Waals surface area contributed by atoms with Gasteiger partial charge in [-0.25, -0.2) is 0 Å². The summed E-state index contributed by atoms with van der Waals surface area (Å²) >= 11 is 0. The van der Waals surface area contributed by atoms with Crippen LogP contribution >= 0.6 is 0 Å². The Morgan fingerprint density at radius 2 is 1.62 bits per heavy atom. The van der Waals surface area contributed by atoms with Gasteiger partial charge < -0.3 is 0 Å². The van der Waals surface area contributed by atoms with Gasteiger partial charge in [-0.3, -0.25) is 0 Å². The van der Waals surface area contributed by atoms with Gasteiger partial charge in [-0.1, -0.05) is 73.6 Å². The van der Waals surface area contributed by atoms with Crippen molar-refractivity contribution in [1.29, 1.82) is 0 Å². The van der Waals surface area contributed by atoms with Gasteiger partial charge in [-0.05, 0) is 29.1 Å². The fraction of sp³-hybridized carbons (Fsp3) is 1.00. The molecule has 0 spiro atoms. The second kappa shape index (κ2) is 5.10. The molecular formula is C16H32. The Morgan fingerprint density at radius 1 is 1.12 bits per heavy atom. The molecule has 1 rings (SSSR count). The van der Waals surface area contributed by atoms with E-state index in [4.69, 9.17) is 1.37 Å². The summed E-state index contributed by atoms with van der Waals surface area (Å²) in [5.74, 6) is 0.306. The van der Waals surface area contributed by atoms with Gasteiger partial charge in [0.25, 0.3) is 0 Å². The average molecular weight is 225 g/mol. The third kappa shape index (κ3) is 2.63. The van der Waals surface area contributed by atoms with Crippen LogP contribution in [0.3, 0.4) is 0 Å². The van der Waals surface area contributed by atoms with Crippen molar-refractivity contribution in [2.75, 3.05) is 0 Å². The number of hydrogen-bond donors (Lipinski definition) is 0. The van der Waals surface area contributed by atoms with Crippen molar-refractivity contribution in [1.82, 2.24) is 0 Å². The molecular weight excluding hydrogens is 192 g/mol. The quantitative estimate of drug-likeness (QED) is 0.581. The Balaban J connectivity index is 2.99. The van der Waals surface area contributed by atoms with Crippen molar-refractivity contribution < 1.29 is 1.37 Å². The van der Waals surface area contributed by atoms with E-state index < -0.39 is 0 Å². The molecule has 1 aliphatic rings. The first-order chi connectivity index (χ1) is 7.67. The zero-order valence-corrected chi connectivity index (χ0v) is 12.3. The van der Waals surface area contributed by atoms with Crippen molar-refractivity contribution >= 4 is 0 Å². The zero-order chi connectivity index (χ0) is 13.3. The van der Waals surface area contributed by atoms with E-state index in [2.05, 4.69) is 41.5 Å². The van der Waals surface area contributed by atoms with E-state index in [9.17, 15) is 0 Å². The average Bonchev–Trinajstić information content (AvgIpc) is 2.27. The smallest absolute Gasteiger partial charge is 0.0308 e. The predicted molar refractivity (Wildman–Crippen MR) is 73.6 cm³/mol. The first kappa shape index (κ1) is 12.5. The fourth-order valence-electron chi connectivity index (χ4n) is 3.39. The summed E-state index contributed by atoms with van der Waals surface area (Å²) < 4.78 is 9.03. The van der Waals surface area contributed by atoms with Crippen LogP contribution < -0.4 is 0 Å². The van der Waals surface area contributed by atoms with Gasteiger partial charge in [0.05, 0.1) is 0 Å². The maximum atomic E-state index is 9.03. The minimum atomic E-state index is -0.291. The second-order valence-electron chi connectivity index (χ2n) is 6.95. The molecule has 1 fully saturated rings. The molecule has 0 aliphatic heterocycles. The minimum Gasteiger partial charge on any atom is -0.0648 e. The van der Waals surface area contributed by atoms with Gasteiger partial charge in [0.2, 0.25) is 0 Å². The van der Waals surface area contributed by atoms with Crippen LogP contribution in [0.2, 0.25) is 0 Å². The highest BCUT2D eigenvalue weighted by Crippen LogP contribution is 2.51. The molecule has 0 heterocycles.